The number of nitrogens with zero attached hydrogens (tertiary/aromatic N) is 4. The Balaban J connectivity index is 1.24. The predicted molar refractivity (Wildman–Crippen MR) is 150 cm³/mol. The number of carbonyl (C=O) groups is 1. The summed E-state index contributed by atoms with van der Waals surface area (Å²) in [5, 5.41) is 12.2. The van der Waals surface area contributed by atoms with E-state index < -0.39 is 11.4 Å². The van der Waals surface area contributed by atoms with Crippen molar-refractivity contribution in [3.8, 4) is 28.3 Å². The van der Waals surface area contributed by atoms with E-state index in [-0.39, 0.29) is 17.8 Å². The minimum absolute atomic E-state index is 0.0455. The Labute approximate surface area is 228 Å². The number of hydrogen-bond acceptors (Lipinski definition) is 5. The Bertz CT molecular complexity index is 1900. The lowest BCUT2D eigenvalue weighted by Crippen LogP contribution is -2.27. The normalized spacial score (nSPS) is 11.2. The van der Waals surface area contributed by atoms with Gasteiger partial charge in [-0.15, -0.1) is 0 Å². The predicted octanol–water partition coefficient (Wildman–Crippen LogP) is 5.78. The zero-order valence-electron chi connectivity index (χ0n) is 21.8. The SMILES string of the molecule is Cc1ccc(C(=O)Cc2ccc(Oc3cc4cnn(C)c4cc3-c3cn[nH]c3)cc2)c(=O)n1-c1ccc(F)cc1. The number of hydrogen-bond donors (Lipinski definition) is 1. The van der Waals surface area contributed by atoms with Crippen LogP contribution in [-0.2, 0) is 13.5 Å². The molecule has 1 N–H and O–H groups in total. The number of aromatic amines is 1. The Morgan fingerprint density at radius 3 is 2.50 bits per heavy atom. The summed E-state index contributed by atoms with van der Waals surface area (Å²) in [5.74, 6) is 0.535. The summed E-state index contributed by atoms with van der Waals surface area (Å²) in [4.78, 5) is 26.3. The van der Waals surface area contributed by atoms with Crippen molar-refractivity contribution in [2.45, 2.75) is 13.3 Å². The van der Waals surface area contributed by atoms with Gasteiger partial charge in [0.05, 0.1) is 23.5 Å². The number of fused-ring (bicyclic) bond motifs is 1. The lowest BCUT2D eigenvalue weighted by molar-refractivity contribution is 0.0991. The molecule has 0 bridgehead atoms. The quantitative estimate of drug-likeness (QED) is 0.263. The van der Waals surface area contributed by atoms with E-state index in [2.05, 4.69) is 15.3 Å². The van der Waals surface area contributed by atoms with Crippen molar-refractivity contribution in [1.29, 1.82) is 0 Å². The van der Waals surface area contributed by atoms with Gasteiger partial charge in [0.1, 0.15) is 17.3 Å². The smallest absolute Gasteiger partial charge is 0.266 e. The molecule has 0 aliphatic rings. The second kappa shape index (κ2) is 10.1. The molecular formula is C31H24FN5O3. The van der Waals surface area contributed by atoms with Crippen LogP contribution < -0.4 is 10.3 Å². The van der Waals surface area contributed by atoms with Crippen LogP contribution in [0.4, 0.5) is 4.39 Å². The van der Waals surface area contributed by atoms with Crippen LogP contribution >= 0.6 is 0 Å². The maximum absolute atomic E-state index is 13.4. The zero-order chi connectivity index (χ0) is 27.8. The molecule has 3 heterocycles. The van der Waals surface area contributed by atoms with E-state index >= 15 is 0 Å². The maximum atomic E-state index is 13.4. The van der Waals surface area contributed by atoms with Crippen molar-refractivity contribution in [3.05, 3.63) is 124 Å². The lowest BCUT2D eigenvalue weighted by atomic mass is 10.0. The molecule has 6 aromatic rings. The average Bonchev–Trinajstić information content (AvgIpc) is 3.60. The van der Waals surface area contributed by atoms with Crippen molar-refractivity contribution in [2.24, 2.45) is 7.05 Å². The molecule has 0 radical (unpaired) electrons. The largest absolute Gasteiger partial charge is 0.457 e. The first-order chi connectivity index (χ1) is 19.4. The van der Waals surface area contributed by atoms with Crippen molar-refractivity contribution in [1.82, 2.24) is 24.5 Å². The summed E-state index contributed by atoms with van der Waals surface area (Å²) in [6.07, 6.45) is 5.36. The van der Waals surface area contributed by atoms with Crippen LogP contribution in [0.2, 0.25) is 0 Å². The summed E-state index contributed by atoms with van der Waals surface area (Å²) >= 11 is 0. The summed E-state index contributed by atoms with van der Waals surface area (Å²) < 4.78 is 22.9. The Kier molecular flexibility index (Phi) is 6.31. The molecule has 0 saturated heterocycles. The van der Waals surface area contributed by atoms with Crippen LogP contribution in [-0.4, -0.2) is 30.3 Å². The van der Waals surface area contributed by atoms with Crippen LogP contribution in [0.25, 0.3) is 27.7 Å². The first kappa shape index (κ1) is 25.0. The molecule has 8 nitrogen and oxygen atoms in total. The second-order valence-electron chi connectivity index (χ2n) is 9.51. The first-order valence-corrected chi connectivity index (χ1v) is 12.6. The molecule has 0 spiro atoms. The molecule has 0 aliphatic heterocycles. The molecule has 0 unspecified atom stereocenters. The number of rotatable bonds is 7. The highest BCUT2D eigenvalue weighted by Gasteiger charge is 2.17. The molecule has 9 heteroatoms. The highest BCUT2D eigenvalue weighted by atomic mass is 19.1. The van der Waals surface area contributed by atoms with Crippen LogP contribution in [0.3, 0.4) is 0 Å². The third kappa shape index (κ3) is 4.69. The van der Waals surface area contributed by atoms with Gasteiger partial charge >= 0.3 is 0 Å². The number of benzene rings is 3. The van der Waals surface area contributed by atoms with Gasteiger partial charge in [0.2, 0.25) is 0 Å². The van der Waals surface area contributed by atoms with Gasteiger partial charge in [-0.2, -0.15) is 10.2 Å². The molecule has 0 saturated carbocycles. The van der Waals surface area contributed by atoms with Gasteiger partial charge < -0.3 is 4.74 Å². The summed E-state index contributed by atoms with van der Waals surface area (Å²) in [5.41, 5.74) is 4.23. The highest BCUT2D eigenvalue weighted by molar-refractivity contribution is 5.97. The molecule has 6 rings (SSSR count). The van der Waals surface area contributed by atoms with E-state index in [1.165, 1.54) is 28.8 Å². The molecule has 3 aromatic carbocycles. The van der Waals surface area contributed by atoms with E-state index in [0.717, 1.165) is 27.6 Å². The fourth-order valence-electron chi connectivity index (χ4n) is 4.72. The average molecular weight is 534 g/mol. The summed E-state index contributed by atoms with van der Waals surface area (Å²) in [6.45, 7) is 1.77. The monoisotopic (exact) mass is 533 g/mol. The minimum Gasteiger partial charge on any atom is -0.457 e. The van der Waals surface area contributed by atoms with Gasteiger partial charge in [-0.3, -0.25) is 23.9 Å². The molecule has 0 atom stereocenters. The van der Waals surface area contributed by atoms with Crippen LogP contribution in [0.15, 0.2) is 96.2 Å². The fourth-order valence-corrected chi connectivity index (χ4v) is 4.72. The standard InChI is InChI=1S/C31H24FN5O3/c1-19-3-12-26(31(39)37(19)24-8-6-23(32)7-9-24)29(38)13-20-4-10-25(11-5-20)40-30-14-21-18-35-36(2)28(21)15-27(30)22-16-33-34-17-22/h3-12,14-18H,13H2,1-2H3,(H,33,34). The maximum Gasteiger partial charge on any atom is 0.266 e. The number of ketones is 1. The van der Waals surface area contributed by atoms with Gasteiger partial charge in [0.15, 0.2) is 5.78 Å². The summed E-state index contributed by atoms with van der Waals surface area (Å²) in [7, 11) is 1.89. The number of H-pyrrole nitrogens is 1. The van der Waals surface area contributed by atoms with E-state index in [1.54, 1.807) is 66.6 Å². The van der Waals surface area contributed by atoms with E-state index in [0.29, 0.717) is 22.9 Å². The van der Waals surface area contributed by atoms with Crippen molar-refractivity contribution in [3.63, 3.8) is 0 Å². The number of ether oxygens (including phenoxy) is 1. The van der Waals surface area contributed by atoms with Gasteiger partial charge in [-0.1, -0.05) is 12.1 Å². The Morgan fingerprint density at radius 1 is 1.00 bits per heavy atom. The molecular weight excluding hydrogens is 509 g/mol. The van der Waals surface area contributed by atoms with Gasteiger partial charge in [-0.25, -0.2) is 4.39 Å². The Hall–Kier alpha value is -5.31. The number of pyridine rings is 1. The zero-order valence-corrected chi connectivity index (χ0v) is 21.8. The van der Waals surface area contributed by atoms with Crippen LogP contribution in [0, 0.1) is 12.7 Å². The number of aryl methyl sites for hydroxylation is 2. The van der Waals surface area contributed by atoms with E-state index in [1.807, 2.05) is 19.2 Å². The third-order valence-electron chi connectivity index (χ3n) is 6.84. The number of nitrogens with one attached hydrogen (secondary N) is 1. The van der Waals surface area contributed by atoms with Crippen molar-refractivity contribution in [2.75, 3.05) is 0 Å². The Morgan fingerprint density at radius 2 is 1.77 bits per heavy atom. The molecule has 40 heavy (non-hydrogen) atoms. The fraction of sp³-hybridized carbons (Fsp3) is 0.0968. The molecule has 3 aromatic heterocycles. The highest BCUT2D eigenvalue weighted by Crippen LogP contribution is 2.36. The number of halogens is 1. The summed E-state index contributed by atoms with van der Waals surface area (Å²) in [6, 6.07) is 20.0. The third-order valence-corrected chi connectivity index (χ3v) is 6.84. The van der Waals surface area contributed by atoms with E-state index in [9.17, 15) is 14.0 Å². The second-order valence-corrected chi connectivity index (χ2v) is 9.51. The van der Waals surface area contributed by atoms with Crippen molar-refractivity contribution >= 4 is 16.7 Å². The van der Waals surface area contributed by atoms with Gasteiger partial charge in [0.25, 0.3) is 5.56 Å². The van der Waals surface area contributed by atoms with Crippen molar-refractivity contribution < 1.29 is 13.9 Å². The van der Waals surface area contributed by atoms with E-state index in [4.69, 9.17) is 4.74 Å². The molecule has 0 aliphatic carbocycles. The lowest BCUT2D eigenvalue weighted by Gasteiger charge is -2.13. The number of Topliss-reactive ketones (excluding diaryl/α,β-unsaturated/α-hetero) is 1. The topological polar surface area (TPSA) is 94.8 Å². The van der Waals surface area contributed by atoms with Gasteiger partial charge in [-0.05, 0) is 73.2 Å². The van der Waals surface area contributed by atoms with Gasteiger partial charge in [0, 0.05) is 47.6 Å². The van der Waals surface area contributed by atoms with Crippen LogP contribution in [0.1, 0.15) is 21.6 Å². The molecule has 0 fully saturated rings. The first-order valence-electron chi connectivity index (χ1n) is 12.6. The molecule has 198 valence electrons. The molecule has 0 amide bonds. The number of aromatic nitrogens is 5. The van der Waals surface area contributed by atoms with Crippen LogP contribution in [0.5, 0.6) is 11.5 Å². The minimum atomic E-state index is -0.436. The number of carbonyl (C=O) groups excluding carboxylic acids is 1.